The molecule has 0 amide bonds. The molecule has 2 heteroatoms. The van der Waals surface area contributed by atoms with Gasteiger partial charge in [0.15, 0.2) is 0 Å². The molecule has 19 heavy (non-hydrogen) atoms. The molecule has 2 aromatic rings. The van der Waals surface area contributed by atoms with Gasteiger partial charge in [0.1, 0.15) is 11.3 Å². The molecule has 0 aliphatic carbocycles. The van der Waals surface area contributed by atoms with Crippen molar-refractivity contribution in [3.8, 4) is 0 Å². The van der Waals surface area contributed by atoms with Crippen LogP contribution in [0.3, 0.4) is 0 Å². The lowest BCUT2D eigenvalue weighted by Gasteiger charge is -2.19. The normalized spacial score (nSPS) is 12.3. The van der Waals surface area contributed by atoms with Gasteiger partial charge in [-0.1, -0.05) is 33.8 Å². The Bertz CT molecular complexity index is 587. The fourth-order valence-electron chi connectivity index (χ4n) is 2.69. The molecule has 0 bridgehead atoms. The zero-order chi connectivity index (χ0) is 14.2. The van der Waals surface area contributed by atoms with E-state index in [9.17, 15) is 0 Å². The molecule has 0 aliphatic heterocycles. The minimum absolute atomic E-state index is 0.101. The molecule has 0 radical (unpaired) electrons. The summed E-state index contributed by atoms with van der Waals surface area (Å²) in [5.74, 6) is 1.08. The fourth-order valence-corrected chi connectivity index (χ4v) is 2.69. The molecule has 1 heterocycles. The van der Waals surface area contributed by atoms with Crippen molar-refractivity contribution < 1.29 is 4.42 Å². The summed E-state index contributed by atoms with van der Waals surface area (Å²) in [5, 5.41) is 4.49. The third kappa shape index (κ3) is 2.55. The first-order valence-electron chi connectivity index (χ1n) is 7.08. The summed E-state index contributed by atoms with van der Waals surface area (Å²) in [4.78, 5) is 0. The molecule has 2 rings (SSSR count). The number of benzene rings is 1. The SMILES string of the molecule is CCc1c(CNC)oc2c(C(C)(C)C)cc(C)cc12. The van der Waals surface area contributed by atoms with E-state index in [-0.39, 0.29) is 5.41 Å². The van der Waals surface area contributed by atoms with E-state index >= 15 is 0 Å². The van der Waals surface area contributed by atoms with E-state index in [0.29, 0.717) is 0 Å². The summed E-state index contributed by atoms with van der Waals surface area (Å²) in [6.45, 7) is 11.9. The maximum atomic E-state index is 6.18. The van der Waals surface area contributed by atoms with Crippen LogP contribution in [0, 0.1) is 6.92 Å². The molecule has 0 saturated carbocycles. The van der Waals surface area contributed by atoms with E-state index < -0.39 is 0 Å². The fraction of sp³-hybridized carbons (Fsp3) is 0.529. The Morgan fingerprint density at radius 2 is 1.89 bits per heavy atom. The average molecular weight is 259 g/mol. The summed E-state index contributed by atoms with van der Waals surface area (Å²) in [7, 11) is 1.96. The second-order valence-corrected chi connectivity index (χ2v) is 6.33. The third-order valence-corrected chi connectivity index (χ3v) is 3.62. The minimum atomic E-state index is 0.101. The quantitative estimate of drug-likeness (QED) is 0.888. The van der Waals surface area contributed by atoms with Crippen molar-refractivity contribution in [2.24, 2.45) is 0 Å². The van der Waals surface area contributed by atoms with Crippen LogP contribution in [0.4, 0.5) is 0 Å². The van der Waals surface area contributed by atoms with Crippen LogP contribution < -0.4 is 5.32 Å². The van der Waals surface area contributed by atoms with Gasteiger partial charge in [-0.3, -0.25) is 0 Å². The molecule has 1 aromatic heterocycles. The van der Waals surface area contributed by atoms with Crippen molar-refractivity contribution in [3.63, 3.8) is 0 Å². The maximum Gasteiger partial charge on any atom is 0.138 e. The number of furan rings is 1. The van der Waals surface area contributed by atoms with E-state index in [0.717, 1.165) is 24.3 Å². The van der Waals surface area contributed by atoms with Crippen LogP contribution in [-0.2, 0) is 18.4 Å². The molecule has 0 saturated heterocycles. The van der Waals surface area contributed by atoms with Crippen LogP contribution in [0.2, 0.25) is 0 Å². The summed E-state index contributed by atoms with van der Waals surface area (Å²) in [5.41, 5.74) is 5.13. The molecule has 104 valence electrons. The second-order valence-electron chi connectivity index (χ2n) is 6.33. The zero-order valence-electron chi connectivity index (χ0n) is 13.0. The lowest BCUT2D eigenvalue weighted by atomic mass is 9.84. The van der Waals surface area contributed by atoms with Crippen molar-refractivity contribution in [1.82, 2.24) is 5.32 Å². The van der Waals surface area contributed by atoms with Crippen LogP contribution >= 0.6 is 0 Å². The van der Waals surface area contributed by atoms with Gasteiger partial charge in [-0.25, -0.2) is 0 Å². The molecule has 0 aliphatic rings. The van der Waals surface area contributed by atoms with E-state index in [1.54, 1.807) is 0 Å². The van der Waals surface area contributed by atoms with Gasteiger partial charge in [0.25, 0.3) is 0 Å². The first-order valence-corrected chi connectivity index (χ1v) is 7.08. The smallest absolute Gasteiger partial charge is 0.138 e. The van der Waals surface area contributed by atoms with Crippen LogP contribution in [0.15, 0.2) is 16.5 Å². The molecule has 0 atom stereocenters. The molecule has 0 spiro atoms. The van der Waals surface area contributed by atoms with Crippen LogP contribution in [0.25, 0.3) is 11.0 Å². The molecule has 0 fully saturated rings. The standard InChI is InChI=1S/C17H25NO/c1-7-12-13-8-11(2)9-14(17(3,4)5)16(13)19-15(12)10-18-6/h8-9,18H,7,10H2,1-6H3. The van der Waals surface area contributed by atoms with Gasteiger partial charge in [-0.2, -0.15) is 0 Å². The molecular weight excluding hydrogens is 234 g/mol. The Labute approximate surface area is 116 Å². The average Bonchev–Trinajstić information content (AvgIpc) is 2.64. The molecule has 0 unspecified atom stereocenters. The van der Waals surface area contributed by atoms with E-state index in [4.69, 9.17) is 4.42 Å². The Kier molecular flexibility index (Phi) is 3.73. The number of rotatable bonds is 3. The van der Waals surface area contributed by atoms with Gasteiger partial charge in [-0.05, 0) is 37.4 Å². The Balaban J connectivity index is 2.78. The molecule has 1 N–H and O–H groups in total. The zero-order valence-corrected chi connectivity index (χ0v) is 13.0. The van der Waals surface area contributed by atoms with Gasteiger partial charge in [0.05, 0.1) is 6.54 Å². The van der Waals surface area contributed by atoms with Gasteiger partial charge < -0.3 is 9.73 Å². The van der Waals surface area contributed by atoms with Crippen molar-refractivity contribution in [2.75, 3.05) is 7.05 Å². The highest BCUT2D eigenvalue weighted by Gasteiger charge is 2.22. The predicted molar refractivity (Wildman–Crippen MR) is 81.8 cm³/mol. The van der Waals surface area contributed by atoms with Crippen molar-refractivity contribution in [3.05, 3.63) is 34.6 Å². The first kappa shape index (κ1) is 14.1. The van der Waals surface area contributed by atoms with Crippen molar-refractivity contribution in [2.45, 2.75) is 53.0 Å². The number of aryl methyl sites for hydroxylation is 2. The maximum absolute atomic E-state index is 6.18. The Morgan fingerprint density at radius 3 is 2.42 bits per heavy atom. The summed E-state index contributed by atoms with van der Waals surface area (Å²) in [6.07, 6.45) is 1.01. The predicted octanol–water partition coefficient (Wildman–Crippen LogP) is 4.32. The van der Waals surface area contributed by atoms with Crippen molar-refractivity contribution in [1.29, 1.82) is 0 Å². The largest absolute Gasteiger partial charge is 0.459 e. The highest BCUT2D eigenvalue weighted by molar-refractivity contribution is 5.86. The topological polar surface area (TPSA) is 25.2 Å². The highest BCUT2D eigenvalue weighted by atomic mass is 16.3. The summed E-state index contributed by atoms with van der Waals surface area (Å²) in [6, 6.07) is 4.51. The van der Waals surface area contributed by atoms with Gasteiger partial charge in [-0.15, -0.1) is 0 Å². The monoisotopic (exact) mass is 259 g/mol. The minimum Gasteiger partial charge on any atom is -0.459 e. The Morgan fingerprint density at radius 1 is 1.21 bits per heavy atom. The Hall–Kier alpha value is -1.28. The lowest BCUT2D eigenvalue weighted by Crippen LogP contribution is -2.11. The van der Waals surface area contributed by atoms with Crippen molar-refractivity contribution >= 4 is 11.0 Å². The molecule has 2 nitrogen and oxygen atoms in total. The summed E-state index contributed by atoms with van der Waals surface area (Å²) >= 11 is 0. The summed E-state index contributed by atoms with van der Waals surface area (Å²) < 4.78 is 6.18. The van der Waals surface area contributed by atoms with Gasteiger partial charge in [0, 0.05) is 16.5 Å². The van der Waals surface area contributed by atoms with E-state index in [1.165, 1.54) is 22.1 Å². The highest BCUT2D eigenvalue weighted by Crippen LogP contribution is 2.36. The molecular formula is C17H25NO. The van der Waals surface area contributed by atoms with E-state index in [2.05, 4.69) is 52.1 Å². The third-order valence-electron chi connectivity index (χ3n) is 3.62. The van der Waals surface area contributed by atoms with Gasteiger partial charge >= 0.3 is 0 Å². The van der Waals surface area contributed by atoms with Crippen LogP contribution in [-0.4, -0.2) is 7.05 Å². The number of fused-ring (bicyclic) bond motifs is 1. The number of hydrogen-bond acceptors (Lipinski definition) is 2. The molecule has 1 aromatic carbocycles. The number of hydrogen-bond donors (Lipinski definition) is 1. The van der Waals surface area contributed by atoms with Gasteiger partial charge in [0.2, 0.25) is 0 Å². The van der Waals surface area contributed by atoms with E-state index in [1.807, 2.05) is 7.05 Å². The first-order chi connectivity index (χ1) is 8.88. The lowest BCUT2D eigenvalue weighted by molar-refractivity contribution is 0.508. The van der Waals surface area contributed by atoms with Crippen LogP contribution in [0.5, 0.6) is 0 Å². The second kappa shape index (κ2) is 5.01. The van der Waals surface area contributed by atoms with Crippen LogP contribution in [0.1, 0.15) is 50.1 Å². The number of nitrogens with one attached hydrogen (secondary N) is 1.